The van der Waals surface area contributed by atoms with E-state index in [1.165, 1.54) is 19.1 Å². The number of nitrogens with zero attached hydrogens (tertiary/aromatic N) is 2. The first-order chi connectivity index (χ1) is 13.8. The van der Waals surface area contributed by atoms with Gasteiger partial charge in [-0.2, -0.15) is 0 Å². The zero-order valence-corrected chi connectivity index (χ0v) is 16.9. The van der Waals surface area contributed by atoms with E-state index in [1.54, 1.807) is 0 Å². The molecule has 0 radical (unpaired) electrons. The molecule has 0 aliphatic carbocycles. The average Bonchev–Trinajstić information content (AvgIpc) is 3.07. The van der Waals surface area contributed by atoms with Crippen LogP contribution in [0, 0.1) is 11.6 Å². The summed E-state index contributed by atoms with van der Waals surface area (Å²) in [5, 5.41) is 2.40. The van der Waals surface area contributed by atoms with Crippen LogP contribution in [0.5, 0.6) is 0 Å². The molecule has 2 saturated heterocycles. The largest absolute Gasteiger partial charge is 0.453 e. The number of hydrogen-bond donors (Lipinski definition) is 1. The summed E-state index contributed by atoms with van der Waals surface area (Å²) in [4.78, 5) is 25.8. The van der Waals surface area contributed by atoms with Gasteiger partial charge in [0.05, 0.1) is 25.9 Å². The molecular formula is C17H22F2N3O6P. The highest BCUT2D eigenvalue weighted by molar-refractivity contribution is 7.59. The molecule has 29 heavy (non-hydrogen) atoms. The van der Waals surface area contributed by atoms with E-state index < -0.39 is 37.3 Å². The van der Waals surface area contributed by atoms with Gasteiger partial charge in [0.25, 0.3) is 0 Å². The Morgan fingerprint density at radius 2 is 1.90 bits per heavy atom. The van der Waals surface area contributed by atoms with E-state index in [1.807, 2.05) is 0 Å². The Morgan fingerprint density at radius 3 is 2.45 bits per heavy atom. The van der Waals surface area contributed by atoms with Crippen molar-refractivity contribution in [3.8, 4) is 0 Å². The van der Waals surface area contributed by atoms with E-state index in [2.05, 4.69) is 10.1 Å². The zero-order chi connectivity index (χ0) is 21.2. The minimum atomic E-state index is -2.74. The van der Waals surface area contributed by atoms with Crippen molar-refractivity contribution in [1.82, 2.24) is 5.32 Å². The molecule has 0 saturated carbocycles. The van der Waals surface area contributed by atoms with Crippen LogP contribution in [0.1, 0.15) is 0 Å². The fourth-order valence-corrected chi connectivity index (χ4v) is 4.98. The number of benzene rings is 1. The number of hydrogen-bond acceptors (Lipinski definition) is 7. The summed E-state index contributed by atoms with van der Waals surface area (Å²) in [6.07, 6.45) is -1.72. The van der Waals surface area contributed by atoms with Gasteiger partial charge in [-0.3, -0.25) is 9.46 Å². The lowest BCUT2D eigenvalue weighted by molar-refractivity contribution is 0.132. The van der Waals surface area contributed by atoms with Crippen LogP contribution in [0.25, 0.3) is 0 Å². The van der Waals surface area contributed by atoms with Gasteiger partial charge in [-0.1, -0.05) is 0 Å². The lowest BCUT2D eigenvalue weighted by atomic mass is 10.2. The van der Waals surface area contributed by atoms with Crippen LogP contribution in [-0.4, -0.2) is 71.0 Å². The number of halogens is 2. The van der Waals surface area contributed by atoms with Crippen molar-refractivity contribution in [2.75, 3.05) is 62.5 Å². The first-order valence-electron chi connectivity index (χ1n) is 8.94. The predicted octanol–water partition coefficient (Wildman–Crippen LogP) is 2.39. The maximum Gasteiger partial charge on any atom is 0.414 e. The van der Waals surface area contributed by atoms with Crippen LogP contribution in [0.3, 0.4) is 0 Å². The molecule has 12 heteroatoms. The second-order valence-corrected chi connectivity index (χ2v) is 9.57. The second-order valence-electron chi connectivity index (χ2n) is 6.68. The third kappa shape index (κ3) is 4.62. The summed E-state index contributed by atoms with van der Waals surface area (Å²) >= 11 is 0. The van der Waals surface area contributed by atoms with E-state index in [4.69, 9.17) is 9.26 Å². The van der Waals surface area contributed by atoms with Crippen molar-refractivity contribution in [2.24, 2.45) is 0 Å². The third-order valence-corrected chi connectivity index (χ3v) is 7.35. The van der Waals surface area contributed by atoms with Crippen molar-refractivity contribution in [1.29, 1.82) is 0 Å². The minimum absolute atomic E-state index is 0.00525. The smallest absolute Gasteiger partial charge is 0.414 e. The van der Waals surface area contributed by atoms with Gasteiger partial charge in [0.15, 0.2) is 11.6 Å². The molecule has 2 amide bonds. The van der Waals surface area contributed by atoms with Gasteiger partial charge in [0, 0.05) is 44.7 Å². The predicted molar refractivity (Wildman–Crippen MR) is 101 cm³/mol. The number of cyclic esters (lactones) is 1. The number of amides is 2. The van der Waals surface area contributed by atoms with Gasteiger partial charge in [-0.05, 0) is 0 Å². The number of ether oxygens (including phenoxy) is 2. The van der Waals surface area contributed by atoms with Crippen LogP contribution in [0.2, 0.25) is 0 Å². The average molecular weight is 433 g/mol. The standard InChI is InChI=1S/C17H22F2N3O6P/c1-26-16(23)20-9-12-10-22(17(24)28-12)11-7-13(18)15(14(19)8-11)21-3-5-29(25,27-2)6-4-21/h7-8,12H,3-6,9-10H2,1-2H3,(H,20,23)/t12-/m0/s1. The number of nitrogens with one attached hydrogen (secondary N) is 1. The molecular weight excluding hydrogens is 411 g/mol. The van der Waals surface area contributed by atoms with E-state index >= 15 is 0 Å². The van der Waals surface area contributed by atoms with Gasteiger partial charge < -0.3 is 24.2 Å². The molecule has 3 rings (SSSR count). The van der Waals surface area contributed by atoms with Crippen molar-refractivity contribution in [3.05, 3.63) is 23.8 Å². The first kappa shape index (κ1) is 21.3. The van der Waals surface area contributed by atoms with E-state index in [-0.39, 0.29) is 49.9 Å². The zero-order valence-electron chi connectivity index (χ0n) is 16.0. The Labute approximate surface area is 166 Å². The van der Waals surface area contributed by atoms with Gasteiger partial charge in [0.1, 0.15) is 11.8 Å². The Morgan fingerprint density at radius 1 is 1.28 bits per heavy atom. The summed E-state index contributed by atoms with van der Waals surface area (Å²) in [7, 11) is -0.165. The number of rotatable bonds is 5. The maximum atomic E-state index is 14.7. The van der Waals surface area contributed by atoms with Crippen LogP contribution in [0.4, 0.5) is 29.7 Å². The molecule has 1 atom stereocenters. The number of carbonyl (C=O) groups excluding carboxylic acids is 2. The van der Waals surface area contributed by atoms with Crippen LogP contribution in [0.15, 0.2) is 12.1 Å². The van der Waals surface area contributed by atoms with Gasteiger partial charge >= 0.3 is 12.2 Å². The number of alkyl carbamates (subject to hydrolysis) is 1. The molecule has 160 valence electrons. The fraction of sp³-hybridized carbons (Fsp3) is 0.529. The van der Waals surface area contributed by atoms with Crippen LogP contribution in [-0.2, 0) is 18.6 Å². The van der Waals surface area contributed by atoms with Crippen LogP contribution < -0.4 is 15.1 Å². The Kier molecular flexibility index (Phi) is 6.28. The summed E-state index contributed by atoms with van der Waals surface area (Å²) < 4.78 is 56.2. The van der Waals surface area contributed by atoms with Gasteiger partial charge in [0.2, 0.25) is 7.37 Å². The minimum Gasteiger partial charge on any atom is -0.453 e. The summed E-state index contributed by atoms with van der Waals surface area (Å²) in [5.74, 6) is -1.67. The monoisotopic (exact) mass is 433 g/mol. The highest BCUT2D eigenvalue weighted by atomic mass is 31.2. The number of carbonyl (C=O) groups is 2. The van der Waals surface area contributed by atoms with Crippen molar-refractivity contribution < 1.29 is 36.9 Å². The molecule has 2 heterocycles. The van der Waals surface area contributed by atoms with Gasteiger partial charge in [-0.15, -0.1) is 0 Å². The molecule has 0 bridgehead atoms. The molecule has 9 nitrogen and oxygen atoms in total. The van der Waals surface area contributed by atoms with Crippen molar-refractivity contribution in [3.63, 3.8) is 0 Å². The van der Waals surface area contributed by atoms with Gasteiger partial charge in [-0.25, -0.2) is 18.4 Å². The molecule has 2 aliphatic heterocycles. The quantitative estimate of drug-likeness (QED) is 0.713. The topological polar surface area (TPSA) is 97.4 Å². The highest BCUT2D eigenvalue weighted by Gasteiger charge is 2.35. The molecule has 1 N–H and O–H groups in total. The SMILES string of the molecule is COC(=O)NC[C@H]1CN(c2cc(F)c(N3CCP(=O)(OC)CC3)c(F)c2)C(=O)O1. The molecule has 2 fully saturated rings. The molecule has 1 aromatic carbocycles. The lowest BCUT2D eigenvalue weighted by Crippen LogP contribution is -2.36. The molecule has 2 aliphatic rings. The molecule has 0 unspecified atom stereocenters. The summed E-state index contributed by atoms with van der Waals surface area (Å²) in [6.45, 7) is 0.420. The first-order valence-corrected chi connectivity index (χ1v) is 10.9. The fourth-order valence-electron chi connectivity index (χ4n) is 3.29. The Balaban J connectivity index is 1.72. The second kappa shape index (κ2) is 8.54. The number of methoxy groups -OCH3 is 1. The highest BCUT2D eigenvalue weighted by Crippen LogP contribution is 2.48. The summed E-state index contributed by atoms with van der Waals surface area (Å²) in [5.41, 5.74) is -0.221. The third-order valence-electron chi connectivity index (χ3n) is 4.92. The molecule has 0 aromatic heterocycles. The molecule has 0 spiro atoms. The normalized spacial score (nSPS) is 21.1. The summed E-state index contributed by atoms with van der Waals surface area (Å²) in [6, 6.07) is 2.11. The van der Waals surface area contributed by atoms with E-state index in [0.717, 1.165) is 17.0 Å². The van der Waals surface area contributed by atoms with Crippen molar-refractivity contribution in [2.45, 2.75) is 6.10 Å². The van der Waals surface area contributed by atoms with Crippen LogP contribution >= 0.6 is 7.37 Å². The molecule has 1 aromatic rings. The maximum absolute atomic E-state index is 14.7. The van der Waals surface area contributed by atoms with Crippen molar-refractivity contribution >= 4 is 30.9 Å². The van der Waals surface area contributed by atoms with E-state index in [0.29, 0.717) is 0 Å². The number of anilines is 2. The van der Waals surface area contributed by atoms with E-state index in [9.17, 15) is 22.9 Å². The Bertz CT molecular complexity index is 819. The lowest BCUT2D eigenvalue weighted by Gasteiger charge is -2.33. The Hall–Kier alpha value is -2.39.